The molecule has 1 rings (SSSR count). The van der Waals surface area contributed by atoms with Crippen LogP contribution in [0.1, 0.15) is 26.3 Å². The summed E-state index contributed by atoms with van der Waals surface area (Å²) in [6, 6.07) is 0. The fraction of sp³-hybridized carbons (Fsp3) is 0.667. The molecular formula is C9H17N3O. The molecule has 0 fully saturated rings. The molecule has 0 radical (unpaired) electrons. The minimum absolute atomic E-state index is 0.156. The van der Waals surface area contributed by atoms with Crippen molar-refractivity contribution < 1.29 is 4.74 Å². The van der Waals surface area contributed by atoms with E-state index >= 15 is 0 Å². The summed E-state index contributed by atoms with van der Waals surface area (Å²) in [6.07, 6.45) is 3.72. The lowest BCUT2D eigenvalue weighted by Crippen LogP contribution is -2.36. The average Bonchev–Trinajstić information content (AvgIpc) is 2.55. The van der Waals surface area contributed by atoms with E-state index in [-0.39, 0.29) is 6.10 Å². The van der Waals surface area contributed by atoms with Gasteiger partial charge in [0, 0.05) is 18.3 Å². The molecule has 74 valence electrons. The first-order valence-electron chi connectivity index (χ1n) is 4.45. The highest BCUT2D eigenvalue weighted by molar-refractivity contribution is 5.14. The first-order chi connectivity index (χ1) is 6.08. The van der Waals surface area contributed by atoms with Crippen molar-refractivity contribution in [2.45, 2.75) is 32.5 Å². The van der Waals surface area contributed by atoms with Crippen LogP contribution < -0.4 is 5.73 Å². The van der Waals surface area contributed by atoms with E-state index in [1.165, 1.54) is 0 Å². The van der Waals surface area contributed by atoms with Gasteiger partial charge in [0.25, 0.3) is 0 Å². The van der Waals surface area contributed by atoms with Crippen molar-refractivity contribution in [1.82, 2.24) is 10.2 Å². The van der Waals surface area contributed by atoms with Gasteiger partial charge < -0.3 is 10.5 Å². The maximum Gasteiger partial charge on any atom is 0.106 e. The molecule has 0 aliphatic heterocycles. The standard InChI is InChI=1S/C9H17N3O/c1-7(2)13-9(3,6-10)8-4-11-12-5-8/h4-5,7H,6,10H2,1-3H3,(H,11,12). The summed E-state index contributed by atoms with van der Waals surface area (Å²) in [5.41, 5.74) is 6.24. The van der Waals surface area contributed by atoms with Crippen LogP contribution in [0.5, 0.6) is 0 Å². The zero-order chi connectivity index (χ0) is 9.90. The van der Waals surface area contributed by atoms with Gasteiger partial charge in [-0.15, -0.1) is 0 Å². The fourth-order valence-corrected chi connectivity index (χ4v) is 1.29. The minimum atomic E-state index is -0.429. The van der Waals surface area contributed by atoms with Crippen LogP contribution in [0, 0.1) is 0 Å². The number of nitrogens with one attached hydrogen (secondary N) is 1. The molecule has 0 saturated carbocycles. The van der Waals surface area contributed by atoms with Gasteiger partial charge in [-0.05, 0) is 20.8 Å². The molecule has 0 aromatic carbocycles. The molecular weight excluding hydrogens is 166 g/mol. The van der Waals surface area contributed by atoms with Crippen LogP contribution >= 0.6 is 0 Å². The number of H-pyrrole nitrogens is 1. The largest absolute Gasteiger partial charge is 0.366 e. The van der Waals surface area contributed by atoms with Crippen molar-refractivity contribution in [3.63, 3.8) is 0 Å². The van der Waals surface area contributed by atoms with Gasteiger partial charge in [-0.25, -0.2) is 0 Å². The Balaban J connectivity index is 2.81. The fourth-order valence-electron chi connectivity index (χ4n) is 1.29. The third-order valence-corrected chi connectivity index (χ3v) is 1.99. The number of rotatable bonds is 4. The predicted molar refractivity (Wildman–Crippen MR) is 51.2 cm³/mol. The van der Waals surface area contributed by atoms with Gasteiger partial charge >= 0.3 is 0 Å². The number of aromatic amines is 1. The number of hydrogen-bond acceptors (Lipinski definition) is 3. The monoisotopic (exact) mass is 183 g/mol. The van der Waals surface area contributed by atoms with Crippen molar-refractivity contribution in [1.29, 1.82) is 0 Å². The quantitative estimate of drug-likeness (QED) is 0.732. The van der Waals surface area contributed by atoms with E-state index in [9.17, 15) is 0 Å². The molecule has 3 N–H and O–H groups in total. The SMILES string of the molecule is CC(C)OC(C)(CN)c1cn[nH]c1. The first kappa shape index (κ1) is 10.2. The number of aromatic nitrogens is 2. The summed E-state index contributed by atoms with van der Waals surface area (Å²) >= 11 is 0. The molecule has 1 aromatic rings. The van der Waals surface area contributed by atoms with Gasteiger partial charge in [-0.2, -0.15) is 5.10 Å². The summed E-state index contributed by atoms with van der Waals surface area (Å²) in [5, 5.41) is 6.64. The number of nitrogens with zero attached hydrogens (tertiary/aromatic N) is 1. The molecule has 1 atom stereocenters. The Hall–Kier alpha value is -0.870. The zero-order valence-electron chi connectivity index (χ0n) is 8.37. The molecule has 0 spiro atoms. The van der Waals surface area contributed by atoms with E-state index in [1.54, 1.807) is 6.20 Å². The molecule has 1 aromatic heterocycles. The topological polar surface area (TPSA) is 63.9 Å². The highest BCUT2D eigenvalue weighted by atomic mass is 16.5. The molecule has 0 bridgehead atoms. The Labute approximate surface area is 78.5 Å². The minimum Gasteiger partial charge on any atom is -0.366 e. The smallest absolute Gasteiger partial charge is 0.106 e. The second-order valence-electron chi connectivity index (χ2n) is 3.59. The molecule has 4 nitrogen and oxygen atoms in total. The van der Waals surface area contributed by atoms with Crippen molar-refractivity contribution in [3.05, 3.63) is 18.0 Å². The second-order valence-corrected chi connectivity index (χ2v) is 3.59. The van der Waals surface area contributed by atoms with Crippen molar-refractivity contribution in [2.75, 3.05) is 6.54 Å². The molecule has 0 saturated heterocycles. The van der Waals surface area contributed by atoms with Gasteiger partial charge in [-0.1, -0.05) is 0 Å². The number of ether oxygens (including phenoxy) is 1. The van der Waals surface area contributed by atoms with Gasteiger partial charge in [0.2, 0.25) is 0 Å². The van der Waals surface area contributed by atoms with E-state index < -0.39 is 5.60 Å². The number of hydrogen-bond donors (Lipinski definition) is 2. The van der Waals surface area contributed by atoms with E-state index in [0.29, 0.717) is 6.54 Å². The Morgan fingerprint density at radius 2 is 2.38 bits per heavy atom. The lowest BCUT2D eigenvalue weighted by Gasteiger charge is -2.29. The lowest BCUT2D eigenvalue weighted by molar-refractivity contribution is -0.0665. The normalized spacial score (nSPS) is 16.1. The van der Waals surface area contributed by atoms with Crippen LogP contribution in [0.2, 0.25) is 0 Å². The van der Waals surface area contributed by atoms with Gasteiger partial charge in [0.15, 0.2) is 0 Å². The predicted octanol–water partition coefficient (Wildman–Crippen LogP) is 1.01. The highest BCUT2D eigenvalue weighted by Gasteiger charge is 2.27. The van der Waals surface area contributed by atoms with Crippen LogP contribution in [-0.2, 0) is 10.3 Å². The lowest BCUT2D eigenvalue weighted by atomic mass is 9.99. The van der Waals surface area contributed by atoms with Gasteiger partial charge in [-0.3, -0.25) is 5.10 Å². The summed E-state index contributed by atoms with van der Waals surface area (Å²) in [4.78, 5) is 0. The summed E-state index contributed by atoms with van der Waals surface area (Å²) in [6.45, 7) is 6.41. The highest BCUT2D eigenvalue weighted by Crippen LogP contribution is 2.24. The van der Waals surface area contributed by atoms with E-state index in [4.69, 9.17) is 10.5 Å². The summed E-state index contributed by atoms with van der Waals surface area (Å²) < 4.78 is 5.75. The summed E-state index contributed by atoms with van der Waals surface area (Å²) in [5.74, 6) is 0. The van der Waals surface area contributed by atoms with Crippen LogP contribution in [0.25, 0.3) is 0 Å². The van der Waals surface area contributed by atoms with Crippen LogP contribution in [0.15, 0.2) is 12.4 Å². The Morgan fingerprint density at radius 1 is 1.69 bits per heavy atom. The van der Waals surface area contributed by atoms with Gasteiger partial charge in [0.05, 0.1) is 12.3 Å². The van der Waals surface area contributed by atoms with Crippen molar-refractivity contribution >= 4 is 0 Å². The van der Waals surface area contributed by atoms with Gasteiger partial charge in [0.1, 0.15) is 5.60 Å². The average molecular weight is 183 g/mol. The van der Waals surface area contributed by atoms with Crippen LogP contribution in [0.4, 0.5) is 0 Å². The molecule has 13 heavy (non-hydrogen) atoms. The van der Waals surface area contributed by atoms with E-state index in [0.717, 1.165) is 5.56 Å². The molecule has 0 amide bonds. The molecule has 0 aliphatic carbocycles. The Kier molecular flexibility index (Phi) is 3.06. The molecule has 0 aliphatic rings. The zero-order valence-corrected chi connectivity index (χ0v) is 8.37. The molecule has 1 heterocycles. The van der Waals surface area contributed by atoms with E-state index in [1.807, 2.05) is 27.0 Å². The maximum atomic E-state index is 5.75. The summed E-state index contributed by atoms with van der Waals surface area (Å²) in [7, 11) is 0. The molecule has 4 heteroatoms. The van der Waals surface area contributed by atoms with Crippen molar-refractivity contribution in [3.8, 4) is 0 Å². The Bertz CT molecular complexity index is 245. The third-order valence-electron chi connectivity index (χ3n) is 1.99. The third kappa shape index (κ3) is 2.29. The molecule has 1 unspecified atom stereocenters. The van der Waals surface area contributed by atoms with Crippen LogP contribution in [-0.4, -0.2) is 22.8 Å². The Morgan fingerprint density at radius 3 is 2.77 bits per heavy atom. The maximum absolute atomic E-state index is 5.75. The second kappa shape index (κ2) is 3.89. The van der Waals surface area contributed by atoms with E-state index in [2.05, 4.69) is 10.2 Å². The van der Waals surface area contributed by atoms with Crippen LogP contribution in [0.3, 0.4) is 0 Å². The van der Waals surface area contributed by atoms with Crippen molar-refractivity contribution in [2.24, 2.45) is 5.73 Å². The first-order valence-corrected chi connectivity index (χ1v) is 4.45. The number of nitrogens with two attached hydrogens (primary N) is 1.